The molecule has 196 valence electrons. The first-order chi connectivity index (χ1) is 17.7. The van der Waals surface area contributed by atoms with E-state index in [4.69, 9.17) is 0 Å². The van der Waals surface area contributed by atoms with Crippen molar-refractivity contribution in [1.82, 2.24) is 4.90 Å². The number of para-hydroxylation sites is 1. The number of carbonyl (C=O) groups is 3. The number of anilines is 2. The SMILES string of the molecule is CC[C@@H](CO)N1C(=O)[C@@H]2[C@H](C(=O)Nc3ccccc3)[C@H]3SC2(CC3Br)C1C(=O)Nc1cc(C)ccc1C. The average Bonchev–Trinajstić information content (AvgIpc) is 3.46. The number of benzene rings is 2. The number of likely N-dealkylation sites (tertiary alicyclic amines) is 1. The number of aliphatic hydroxyl groups is 1. The minimum Gasteiger partial charge on any atom is -0.394 e. The number of thioether (sulfide) groups is 1. The van der Waals surface area contributed by atoms with Crippen molar-refractivity contribution in [2.45, 2.75) is 60.5 Å². The van der Waals surface area contributed by atoms with E-state index in [0.29, 0.717) is 24.2 Å². The maximum Gasteiger partial charge on any atom is 0.248 e. The Labute approximate surface area is 229 Å². The molecule has 3 saturated heterocycles. The molecular weight excluding hydrogens is 554 g/mol. The summed E-state index contributed by atoms with van der Waals surface area (Å²) in [7, 11) is 0. The van der Waals surface area contributed by atoms with Gasteiger partial charge in [0.05, 0.1) is 29.2 Å². The summed E-state index contributed by atoms with van der Waals surface area (Å²) >= 11 is 5.38. The number of fused-ring (bicyclic) bond motifs is 1. The molecule has 7 atom stereocenters. The van der Waals surface area contributed by atoms with Crippen molar-refractivity contribution >= 4 is 56.8 Å². The van der Waals surface area contributed by atoms with Crippen molar-refractivity contribution in [3.05, 3.63) is 59.7 Å². The Bertz CT molecular complexity index is 1220. The molecule has 3 N–H and O–H groups in total. The second kappa shape index (κ2) is 10.1. The van der Waals surface area contributed by atoms with E-state index in [2.05, 4.69) is 26.6 Å². The number of amides is 3. The van der Waals surface area contributed by atoms with Crippen molar-refractivity contribution in [2.24, 2.45) is 11.8 Å². The van der Waals surface area contributed by atoms with Crippen molar-refractivity contribution < 1.29 is 19.5 Å². The zero-order valence-corrected chi connectivity index (χ0v) is 23.5. The Morgan fingerprint density at radius 2 is 1.89 bits per heavy atom. The number of rotatable bonds is 7. The number of aliphatic hydroxyl groups excluding tert-OH is 1. The zero-order valence-electron chi connectivity index (χ0n) is 21.1. The van der Waals surface area contributed by atoms with Crippen LogP contribution in [0.2, 0.25) is 0 Å². The minimum absolute atomic E-state index is 0.0155. The number of carbonyl (C=O) groups excluding carboxylic acids is 3. The Morgan fingerprint density at radius 3 is 2.57 bits per heavy atom. The van der Waals surface area contributed by atoms with Crippen LogP contribution in [0, 0.1) is 25.7 Å². The van der Waals surface area contributed by atoms with E-state index in [-0.39, 0.29) is 34.4 Å². The summed E-state index contributed by atoms with van der Waals surface area (Å²) in [6, 6.07) is 13.8. The van der Waals surface area contributed by atoms with Gasteiger partial charge in [-0.15, -0.1) is 11.8 Å². The van der Waals surface area contributed by atoms with Gasteiger partial charge in [-0.05, 0) is 56.0 Å². The molecule has 2 aromatic carbocycles. The van der Waals surface area contributed by atoms with Crippen molar-refractivity contribution in [3.8, 4) is 0 Å². The van der Waals surface area contributed by atoms with E-state index in [0.717, 1.165) is 11.1 Å². The van der Waals surface area contributed by atoms with Crippen molar-refractivity contribution in [2.75, 3.05) is 17.2 Å². The second-order valence-corrected chi connectivity index (χ2v) is 13.0. The first-order valence-electron chi connectivity index (χ1n) is 12.7. The van der Waals surface area contributed by atoms with Gasteiger partial charge in [-0.2, -0.15) is 0 Å². The number of hydrogen-bond acceptors (Lipinski definition) is 5. The van der Waals surface area contributed by atoms with E-state index < -0.39 is 28.7 Å². The van der Waals surface area contributed by atoms with Gasteiger partial charge in [0.25, 0.3) is 0 Å². The number of aryl methyl sites for hydroxylation is 2. The van der Waals surface area contributed by atoms with Crippen LogP contribution in [0.25, 0.3) is 0 Å². The average molecular weight is 587 g/mol. The van der Waals surface area contributed by atoms with Crippen LogP contribution in [0.3, 0.4) is 0 Å². The quantitative estimate of drug-likeness (QED) is 0.425. The first-order valence-corrected chi connectivity index (χ1v) is 14.5. The van der Waals surface area contributed by atoms with Crippen LogP contribution in [0.15, 0.2) is 48.5 Å². The third kappa shape index (κ3) is 4.29. The molecule has 0 aromatic heterocycles. The fourth-order valence-corrected chi connectivity index (χ4v) is 9.89. The third-order valence-corrected chi connectivity index (χ3v) is 11.3. The molecule has 0 radical (unpaired) electrons. The molecule has 7 nitrogen and oxygen atoms in total. The zero-order chi connectivity index (χ0) is 26.5. The molecule has 0 aliphatic carbocycles. The Kier molecular flexibility index (Phi) is 7.15. The van der Waals surface area contributed by atoms with E-state index in [1.165, 1.54) is 0 Å². The molecule has 0 saturated carbocycles. The van der Waals surface area contributed by atoms with Gasteiger partial charge in [-0.1, -0.05) is 53.2 Å². The highest BCUT2D eigenvalue weighted by Gasteiger charge is 2.76. The topological polar surface area (TPSA) is 98.7 Å². The molecule has 3 amide bonds. The summed E-state index contributed by atoms with van der Waals surface area (Å²) in [6.07, 6.45) is 1.10. The molecule has 3 aliphatic heterocycles. The van der Waals surface area contributed by atoms with Gasteiger partial charge in [0.1, 0.15) is 6.04 Å². The van der Waals surface area contributed by atoms with E-state index >= 15 is 0 Å². The summed E-state index contributed by atoms with van der Waals surface area (Å²) in [6.45, 7) is 5.56. The largest absolute Gasteiger partial charge is 0.394 e. The number of hydrogen-bond donors (Lipinski definition) is 3. The molecular formula is C28H32BrN3O4S. The van der Waals surface area contributed by atoms with Gasteiger partial charge in [0.15, 0.2) is 0 Å². The molecule has 5 rings (SSSR count). The van der Waals surface area contributed by atoms with Gasteiger partial charge in [0, 0.05) is 21.5 Å². The molecule has 1 spiro atoms. The maximum atomic E-state index is 14.1. The minimum atomic E-state index is -0.799. The van der Waals surface area contributed by atoms with Gasteiger partial charge >= 0.3 is 0 Å². The van der Waals surface area contributed by atoms with Crippen LogP contribution in [0.1, 0.15) is 30.9 Å². The summed E-state index contributed by atoms with van der Waals surface area (Å²) < 4.78 is -0.765. The van der Waals surface area contributed by atoms with Gasteiger partial charge in [0.2, 0.25) is 17.7 Å². The molecule has 2 bridgehead atoms. The Hall–Kier alpha value is -2.36. The second-order valence-electron chi connectivity index (χ2n) is 10.3. The van der Waals surface area contributed by atoms with Gasteiger partial charge in [-0.25, -0.2) is 0 Å². The fourth-order valence-electron chi connectivity index (χ4n) is 6.29. The van der Waals surface area contributed by atoms with Crippen LogP contribution in [0.5, 0.6) is 0 Å². The molecule has 3 heterocycles. The highest BCUT2D eigenvalue weighted by Crippen LogP contribution is 2.68. The summed E-state index contributed by atoms with van der Waals surface area (Å²) in [5, 5.41) is 16.2. The standard InChI is InChI=1S/C28H32BrN3O4S/c1-4-18(14-33)32-24(26(35)31-20-12-15(2)10-11-16(20)3)28-13-19(29)23(37-28)21(22(28)27(32)36)25(34)30-17-8-6-5-7-9-17/h5-12,18-19,21-24,33H,4,13-14H2,1-3H3,(H,30,34)(H,31,35)/t18-,19?,21-,22-,23-,24?,28?/m0/s1. The van der Waals surface area contributed by atoms with Crippen molar-refractivity contribution in [3.63, 3.8) is 0 Å². The molecule has 37 heavy (non-hydrogen) atoms. The fraction of sp³-hybridized carbons (Fsp3) is 0.464. The van der Waals surface area contributed by atoms with Crippen LogP contribution < -0.4 is 10.6 Å². The smallest absolute Gasteiger partial charge is 0.248 e. The third-order valence-electron chi connectivity index (χ3n) is 8.05. The lowest BCUT2D eigenvalue weighted by Crippen LogP contribution is -2.55. The highest BCUT2D eigenvalue weighted by atomic mass is 79.9. The van der Waals surface area contributed by atoms with Gasteiger partial charge < -0.3 is 20.6 Å². The molecule has 9 heteroatoms. The van der Waals surface area contributed by atoms with Crippen LogP contribution >= 0.6 is 27.7 Å². The van der Waals surface area contributed by atoms with Crippen molar-refractivity contribution in [1.29, 1.82) is 0 Å². The highest BCUT2D eigenvalue weighted by molar-refractivity contribution is 9.09. The lowest BCUT2D eigenvalue weighted by atomic mass is 9.70. The number of halogens is 1. The van der Waals surface area contributed by atoms with E-state index in [1.807, 2.05) is 69.3 Å². The normalized spacial score (nSPS) is 30.8. The predicted octanol–water partition coefficient (Wildman–Crippen LogP) is 4.12. The lowest BCUT2D eigenvalue weighted by Gasteiger charge is -2.37. The molecule has 3 unspecified atom stereocenters. The molecule has 2 aromatic rings. The first kappa shape index (κ1) is 26.3. The van der Waals surface area contributed by atoms with Gasteiger partial charge in [-0.3, -0.25) is 14.4 Å². The Morgan fingerprint density at radius 1 is 1.16 bits per heavy atom. The van der Waals surface area contributed by atoms with Crippen LogP contribution in [-0.2, 0) is 14.4 Å². The predicted molar refractivity (Wildman–Crippen MR) is 150 cm³/mol. The lowest BCUT2D eigenvalue weighted by molar-refractivity contribution is -0.141. The monoisotopic (exact) mass is 585 g/mol. The molecule has 3 aliphatic rings. The summed E-state index contributed by atoms with van der Waals surface area (Å²) in [5.74, 6) is -1.93. The molecule has 3 fully saturated rings. The summed E-state index contributed by atoms with van der Waals surface area (Å²) in [5.41, 5.74) is 3.33. The van der Waals surface area contributed by atoms with Crippen LogP contribution in [0.4, 0.5) is 11.4 Å². The van der Waals surface area contributed by atoms with E-state index in [1.54, 1.807) is 16.7 Å². The van der Waals surface area contributed by atoms with Crippen LogP contribution in [-0.4, -0.2) is 61.2 Å². The summed E-state index contributed by atoms with van der Waals surface area (Å²) in [4.78, 5) is 43.4. The number of alkyl halides is 1. The number of nitrogens with zero attached hydrogens (tertiary/aromatic N) is 1. The van der Waals surface area contributed by atoms with E-state index in [9.17, 15) is 19.5 Å². The number of nitrogens with one attached hydrogen (secondary N) is 2. The Balaban J connectivity index is 1.54. The maximum absolute atomic E-state index is 14.1.